The number of anilines is 1. The van der Waals surface area contributed by atoms with Crippen LogP contribution in [0.1, 0.15) is 11.1 Å². The van der Waals surface area contributed by atoms with E-state index in [-0.39, 0.29) is 0 Å². The topological polar surface area (TPSA) is 71.0 Å². The third-order valence-corrected chi connectivity index (χ3v) is 4.47. The highest BCUT2D eigenvalue weighted by Gasteiger charge is 2.15. The lowest BCUT2D eigenvalue weighted by Gasteiger charge is -2.29. The third kappa shape index (κ3) is 5.34. The van der Waals surface area contributed by atoms with Crippen LogP contribution in [-0.4, -0.2) is 51.4 Å². The molecule has 1 fully saturated rings. The van der Waals surface area contributed by atoms with Gasteiger partial charge in [-0.25, -0.2) is 4.98 Å². The number of aromatic nitrogens is 1. The van der Waals surface area contributed by atoms with Crippen molar-refractivity contribution in [3.8, 4) is 5.75 Å². The maximum atomic E-state index is 5.44. The summed E-state index contributed by atoms with van der Waals surface area (Å²) in [5.41, 5.74) is 2.31. The average molecular weight is 369 g/mol. The van der Waals surface area contributed by atoms with Crippen LogP contribution in [0.25, 0.3) is 0 Å². The molecular weight excluding hydrogens is 342 g/mol. The molecule has 7 nitrogen and oxygen atoms in total. The molecule has 2 aromatic rings. The van der Waals surface area contributed by atoms with E-state index >= 15 is 0 Å². The van der Waals surface area contributed by atoms with Crippen LogP contribution in [0.5, 0.6) is 5.75 Å². The summed E-state index contributed by atoms with van der Waals surface area (Å²) in [6, 6.07) is 12.1. The molecule has 1 aromatic carbocycles. The summed E-state index contributed by atoms with van der Waals surface area (Å²) in [4.78, 5) is 11.2. The van der Waals surface area contributed by atoms with Crippen molar-refractivity contribution in [1.82, 2.24) is 15.6 Å². The predicted octanol–water partition coefficient (Wildman–Crippen LogP) is 1.79. The molecule has 0 unspecified atom stereocenters. The number of rotatable bonds is 6. The lowest BCUT2D eigenvalue weighted by molar-refractivity contribution is 0.122. The first-order valence-corrected chi connectivity index (χ1v) is 9.14. The lowest BCUT2D eigenvalue weighted by Crippen LogP contribution is -2.39. The van der Waals surface area contributed by atoms with Crippen molar-refractivity contribution in [3.05, 3.63) is 53.7 Å². The van der Waals surface area contributed by atoms with Gasteiger partial charge in [-0.1, -0.05) is 18.2 Å². The van der Waals surface area contributed by atoms with E-state index in [2.05, 4.69) is 31.6 Å². The van der Waals surface area contributed by atoms with Gasteiger partial charge in [-0.3, -0.25) is 4.99 Å². The number of ether oxygens (including phenoxy) is 2. The fraction of sp³-hybridized carbons (Fsp3) is 0.400. The van der Waals surface area contributed by atoms with Crippen LogP contribution in [0, 0.1) is 0 Å². The minimum atomic E-state index is 0.656. The zero-order valence-corrected chi connectivity index (χ0v) is 15.9. The number of morpholine rings is 1. The van der Waals surface area contributed by atoms with E-state index < -0.39 is 0 Å². The summed E-state index contributed by atoms with van der Waals surface area (Å²) >= 11 is 0. The second kappa shape index (κ2) is 9.78. The first-order chi connectivity index (χ1) is 13.3. The van der Waals surface area contributed by atoms with Gasteiger partial charge in [0.1, 0.15) is 11.6 Å². The van der Waals surface area contributed by atoms with Gasteiger partial charge in [-0.2, -0.15) is 0 Å². The second-order valence-electron chi connectivity index (χ2n) is 6.21. The van der Waals surface area contributed by atoms with E-state index in [1.807, 2.05) is 36.5 Å². The Kier molecular flexibility index (Phi) is 6.87. The molecule has 0 amide bonds. The summed E-state index contributed by atoms with van der Waals surface area (Å²) in [5, 5.41) is 6.71. The molecular formula is C20H27N5O2. The highest BCUT2D eigenvalue weighted by atomic mass is 16.5. The Morgan fingerprint density at radius 3 is 2.59 bits per heavy atom. The van der Waals surface area contributed by atoms with Crippen molar-refractivity contribution in [3.63, 3.8) is 0 Å². The fourth-order valence-corrected chi connectivity index (χ4v) is 2.96. The van der Waals surface area contributed by atoms with Crippen molar-refractivity contribution >= 4 is 11.8 Å². The van der Waals surface area contributed by atoms with E-state index in [1.165, 1.54) is 0 Å². The molecule has 7 heteroatoms. The summed E-state index contributed by atoms with van der Waals surface area (Å²) in [6.07, 6.45) is 1.84. The zero-order chi connectivity index (χ0) is 18.9. The first-order valence-electron chi connectivity index (χ1n) is 9.14. The lowest BCUT2D eigenvalue weighted by atomic mass is 10.2. The summed E-state index contributed by atoms with van der Waals surface area (Å²) < 4.78 is 10.6. The first kappa shape index (κ1) is 19.0. The van der Waals surface area contributed by atoms with Gasteiger partial charge in [-0.05, 0) is 23.8 Å². The quantitative estimate of drug-likeness (QED) is 0.598. The van der Waals surface area contributed by atoms with Gasteiger partial charge in [0.15, 0.2) is 5.96 Å². The smallest absolute Gasteiger partial charge is 0.191 e. The molecule has 0 radical (unpaired) electrons. The molecule has 0 bridgehead atoms. The van der Waals surface area contributed by atoms with Crippen LogP contribution >= 0.6 is 0 Å². The van der Waals surface area contributed by atoms with E-state index in [0.29, 0.717) is 13.1 Å². The van der Waals surface area contributed by atoms with Gasteiger partial charge in [0.05, 0.1) is 20.3 Å². The summed E-state index contributed by atoms with van der Waals surface area (Å²) in [5.74, 6) is 2.62. The molecule has 0 atom stereocenters. The van der Waals surface area contributed by atoms with Crippen LogP contribution in [0.15, 0.2) is 47.6 Å². The van der Waals surface area contributed by atoms with Crippen molar-refractivity contribution < 1.29 is 9.47 Å². The van der Waals surface area contributed by atoms with E-state index in [9.17, 15) is 0 Å². The highest BCUT2D eigenvalue weighted by Crippen LogP contribution is 2.18. The Morgan fingerprint density at radius 1 is 1.15 bits per heavy atom. The molecule has 3 rings (SSSR count). The van der Waals surface area contributed by atoms with Crippen molar-refractivity contribution in [1.29, 1.82) is 0 Å². The average Bonchev–Trinajstić information content (AvgIpc) is 2.75. The Balaban J connectivity index is 1.56. The van der Waals surface area contributed by atoms with Gasteiger partial charge in [-0.15, -0.1) is 0 Å². The number of hydrogen-bond donors (Lipinski definition) is 2. The fourth-order valence-electron chi connectivity index (χ4n) is 2.96. The molecule has 2 N–H and O–H groups in total. The number of aliphatic imine (C=N–C) groups is 1. The Morgan fingerprint density at radius 2 is 1.89 bits per heavy atom. The number of nitrogens with zero attached hydrogens (tertiary/aromatic N) is 3. The van der Waals surface area contributed by atoms with Gasteiger partial charge < -0.3 is 25.0 Å². The summed E-state index contributed by atoms with van der Waals surface area (Å²) in [7, 11) is 3.44. The molecule has 144 valence electrons. The SMILES string of the molecule is CN=C(NCc1ccc(OC)cc1)NCc1cccnc1N1CCOCC1. The number of benzene rings is 1. The van der Waals surface area contributed by atoms with Gasteiger partial charge in [0, 0.05) is 45.0 Å². The third-order valence-electron chi connectivity index (χ3n) is 4.47. The molecule has 1 aliphatic heterocycles. The largest absolute Gasteiger partial charge is 0.497 e. The highest BCUT2D eigenvalue weighted by molar-refractivity contribution is 5.79. The monoisotopic (exact) mass is 369 g/mol. The molecule has 0 saturated carbocycles. The van der Waals surface area contributed by atoms with Crippen LogP contribution in [0.3, 0.4) is 0 Å². The van der Waals surface area contributed by atoms with Crippen LogP contribution in [0.2, 0.25) is 0 Å². The van der Waals surface area contributed by atoms with Crippen molar-refractivity contribution in [2.24, 2.45) is 4.99 Å². The normalized spacial score (nSPS) is 14.7. The van der Waals surface area contributed by atoms with Crippen LogP contribution < -0.4 is 20.3 Å². The second-order valence-corrected chi connectivity index (χ2v) is 6.21. The van der Waals surface area contributed by atoms with Crippen molar-refractivity contribution in [2.45, 2.75) is 13.1 Å². The number of hydrogen-bond acceptors (Lipinski definition) is 5. The van der Waals surface area contributed by atoms with Gasteiger partial charge >= 0.3 is 0 Å². The minimum absolute atomic E-state index is 0.656. The Hall–Kier alpha value is -2.80. The maximum Gasteiger partial charge on any atom is 0.191 e. The molecule has 27 heavy (non-hydrogen) atoms. The number of methoxy groups -OCH3 is 1. The van der Waals surface area contributed by atoms with Crippen molar-refractivity contribution in [2.75, 3.05) is 45.4 Å². The van der Waals surface area contributed by atoms with Gasteiger partial charge in [0.25, 0.3) is 0 Å². The van der Waals surface area contributed by atoms with E-state index in [0.717, 1.165) is 55.0 Å². The maximum absolute atomic E-state index is 5.44. The van der Waals surface area contributed by atoms with E-state index in [4.69, 9.17) is 9.47 Å². The molecule has 0 aliphatic carbocycles. The number of guanidine groups is 1. The number of nitrogens with one attached hydrogen (secondary N) is 2. The predicted molar refractivity (Wildman–Crippen MR) is 107 cm³/mol. The van der Waals surface area contributed by atoms with E-state index in [1.54, 1.807) is 14.2 Å². The standard InChI is InChI=1S/C20H27N5O2/c1-21-20(23-14-16-5-7-18(26-2)8-6-16)24-15-17-4-3-9-22-19(17)25-10-12-27-13-11-25/h3-9H,10-15H2,1-2H3,(H2,21,23,24). The molecule has 1 aromatic heterocycles. The molecule has 1 aliphatic rings. The van der Waals surface area contributed by atoms with Crippen LogP contribution in [0.4, 0.5) is 5.82 Å². The Bertz CT molecular complexity index is 742. The molecule has 1 saturated heterocycles. The minimum Gasteiger partial charge on any atom is -0.497 e. The number of pyridine rings is 1. The zero-order valence-electron chi connectivity index (χ0n) is 15.9. The molecule has 0 spiro atoms. The molecule has 2 heterocycles. The Labute approximate surface area is 160 Å². The van der Waals surface area contributed by atoms with Gasteiger partial charge in [0.2, 0.25) is 0 Å². The summed E-state index contributed by atoms with van der Waals surface area (Å²) in [6.45, 7) is 4.57. The van der Waals surface area contributed by atoms with Crippen LogP contribution in [-0.2, 0) is 17.8 Å².